The van der Waals surface area contributed by atoms with Crippen molar-refractivity contribution >= 4 is 0 Å². The predicted octanol–water partition coefficient (Wildman–Crippen LogP) is 6.69. The SMILES string of the molecule is COc1ccc(CN(Cc2ccc(CO)cc2)Cc2c(-c3ccccc3)nc(-c3ccccc3)n2CCCCO)cc1. The van der Waals surface area contributed by atoms with Gasteiger partial charge in [0.1, 0.15) is 11.6 Å². The van der Waals surface area contributed by atoms with Crippen LogP contribution in [0, 0.1) is 0 Å². The molecule has 0 radical (unpaired) electrons. The van der Waals surface area contributed by atoms with Crippen LogP contribution in [0.2, 0.25) is 0 Å². The fraction of sp³-hybridized carbons (Fsp3) is 0.250. The zero-order valence-corrected chi connectivity index (χ0v) is 24.2. The van der Waals surface area contributed by atoms with Crippen LogP contribution in [-0.2, 0) is 32.8 Å². The van der Waals surface area contributed by atoms with Crippen LogP contribution in [-0.4, -0.2) is 38.4 Å². The van der Waals surface area contributed by atoms with Crippen LogP contribution in [0.4, 0.5) is 0 Å². The van der Waals surface area contributed by atoms with Gasteiger partial charge in [-0.05, 0) is 41.7 Å². The first-order valence-electron chi connectivity index (χ1n) is 14.5. The summed E-state index contributed by atoms with van der Waals surface area (Å²) in [7, 11) is 1.69. The Morgan fingerprint density at radius 2 is 1.24 bits per heavy atom. The quantitative estimate of drug-likeness (QED) is 0.148. The standard InChI is InChI=1S/C36H39N3O3/c1-42-33-20-18-29(19-21-33)25-38(24-28-14-16-30(27-41)17-15-28)26-34-35(31-10-4-2-5-11-31)37-36(32-12-6-3-7-13-32)39(34)22-8-9-23-40/h2-7,10-21,40-41H,8-9,22-27H2,1H3. The molecule has 42 heavy (non-hydrogen) atoms. The van der Waals surface area contributed by atoms with Crippen molar-refractivity contribution in [2.45, 2.75) is 45.6 Å². The Bertz CT molecular complexity index is 1470. The van der Waals surface area contributed by atoms with E-state index in [1.807, 2.05) is 36.4 Å². The lowest BCUT2D eigenvalue weighted by Crippen LogP contribution is -2.24. The molecule has 2 N–H and O–H groups in total. The van der Waals surface area contributed by atoms with Crippen molar-refractivity contribution in [1.29, 1.82) is 0 Å². The van der Waals surface area contributed by atoms with Crippen LogP contribution in [0.25, 0.3) is 22.6 Å². The van der Waals surface area contributed by atoms with E-state index in [2.05, 4.69) is 82.3 Å². The molecule has 0 saturated heterocycles. The Balaban J connectivity index is 1.58. The van der Waals surface area contributed by atoms with Crippen LogP contribution in [0.15, 0.2) is 109 Å². The summed E-state index contributed by atoms with van der Waals surface area (Å²) in [4.78, 5) is 7.71. The molecule has 1 heterocycles. The second kappa shape index (κ2) is 14.6. The van der Waals surface area contributed by atoms with Gasteiger partial charge in [0.2, 0.25) is 0 Å². The molecule has 1 aromatic heterocycles. The molecule has 6 nitrogen and oxygen atoms in total. The summed E-state index contributed by atoms with van der Waals surface area (Å²) >= 11 is 0. The molecular weight excluding hydrogens is 522 g/mol. The topological polar surface area (TPSA) is 70.8 Å². The van der Waals surface area contributed by atoms with Crippen LogP contribution in [0.1, 0.15) is 35.2 Å². The van der Waals surface area contributed by atoms with Gasteiger partial charge in [-0.1, -0.05) is 97.1 Å². The normalized spacial score (nSPS) is 11.2. The van der Waals surface area contributed by atoms with Gasteiger partial charge in [-0.3, -0.25) is 4.90 Å². The highest BCUT2D eigenvalue weighted by atomic mass is 16.5. The van der Waals surface area contributed by atoms with Crippen LogP contribution in [0.5, 0.6) is 5.75 Å². The molecule has 0 aliphatic heterocycles. The summed E-state index contributed by atoms with van der Waals surface area (Å²) in [5, 5.41) is 19.1. The third-order valence-electron chi connectivity index (χ3n) is 7.49. The van der Waals surface area contributed by atoms with E-state index in [-0.39, 0.29) is 13.2 Å². The van der Waals surface area contributed by atoms with E-state index >= 15 is 0 Å². The first kappa shape index (κ1) is 29.3. The zero-order valence-electron chi connectivity index (χ0n) is 24.2. The van der Waals surface area contributed by atoms with E-state index in [0.29, 0.717) is 6.54 Å². The number of unbranched alkanes of at least 4 members (excludes halogenated alkanes) is 1. The van der Waals surface area contributed by atoms with Gasteiger partial charge in [0, 0.05) is 43.9 Å². The van der Waals surface area contributed by atoms with E-state index in [9.17, 15) is 10.2 Å². The summed E-state index contributed by atoms with van der Waals surface area (Å²) in [5.74, 6) is 1.78. The monoisotopic (exact) mass is 561 g/mol. The number of aliphatic hydroxyl groups is 2. The Kier molecular flexibility index (Phi) is 10.2. The number of ether oxygens (including phenoxy) is 1. The summed E-state index contributed by atoms with van der Waals surface area (Å²) in [6.45, 7) is 3.12. The molecule has 216 valence electrons. The van der Waals surface area contributed by atoms with Crippen molar-refractivity contribution in [3.63, 3.8) is 0 Å². The molecule has 0 unspecified atom stereocenters. The molecule has 0 amide bonds. The highest BCUT2D eigenvalue weighted by molar-refractivity contribution is 5.68. The number of benzene rings is 4. The lowest BCUT2D eigenvalue weighted by molar-refractivity contribution is 0.240. The van der Waals surface area contributed by atoms with Crippen LogP contribution < -0.4 is 4.74 Å². The van der Waals surface area contributed by atoms with Crippen LogP contribution in [0.3, 0.4) is 0 Å². The summed E-state index contributed by atoms with van der Waals surface area (Å²) in [6.07, 6.45) is 1.59. The van der Waals surface area contributed by atoms with Gasteiger partial charge in [-0.25, -0.2) is 4.98 Å². The molecule has 0 bridgehead atoms. The second-order valence-electron chi connectivity index (χ2n) is 10.5. The van der Waals surface area contributed by atoms with Gasteiger partial charge in [-0.2, -0.15) is 0 Å². The molecule has 0 fully saturated rings. The molecule has 0 spiro atoms. The summed E-state index contributed by atoms with van der Waals surface area (Å²) < 4.78 is 7.75. The third-order valence-corrected chi connectivity index (χ3v) is 7.49. The van der Waals surface area contributed by atoms with E-state index in [0.717, 1.165) is 72.1 Å². The Morgan fingerprint density at radius 3 is 1.81 bits per heavy atom. The minimum absolute atomic E-state index is 0.0333. The van der Waals surface area contributed by atoms with Crippen molar-refractivity contribution in [1.82, 2.24) is 14.5 Å². The van der Waals surface area contributed by atoms with Gasteiger partial charge >= 0.3 is 0 Å². The number of aromatic nitrogens is 2. The zero-order chi connectivity index (χ0) is 29.1. The van der Waals surface area contributed by atoms with Gasteiger partial charge in [0.25, 0.3) is 0 Å². The average molecular weight is 562 g/mol. The molecular formula is C36H39N3O3. The second-order valence-corrected chi connectivity index (χ2v) is 10.5. The largest absolute Gasteiger partial charge is 0.497 e. The van der Waals surface area contributed by atoms with Crippen molar-refractivity contribution in [2.24, 2.45) is 0 Å². The highest BCUT2D eigenvalue weighted by Crippen LogP contribution is 2.32. The Labute approximate surface area is 248 Å². The molecule has 0 atom stereocenters. The minimum Gasteiger partial charge on any atom is -0.497 e. The first-order chi connectivity index (χ1) is 20.7. The van der Waals surface area contributed by atoms with Crippen LogP contribution >= 0.6 is 0 Å². The Morgan fingerprint density at radius 1 is 0.667 bits per heavy atom. The van der Waals surface area contributed by atoms with Gasteiger partial charge in [0.15, 0.2) is 0 Å². The highest BCUT2D eigenvalue weighted by Gasteiger charge is 2.22. The maximum Gasteiger partial charge on any atom is 0.140 e. The Hall–Kier alpha value is -4.23. The number of aliphatic hydroxyl groups excluding tert-OH is 2. The third kappa shape index (κ3) is 7.34. The van der Waals surface area contributed by atoms with Crippen molar-refractivity contribution < 1.29 is 14.9 Å². The van der Waals surface area contributed by atoms with Crippen molar-refractivity contribution in [3.8, 4) is 28.4 Å². The molecule has 0 saturated carbocycles. The van der Waals surface area contributed by atoms with E-state index in [1.165, 1.54) is 11.1 Å². The predicted molar refractivity (Wildman–Crippen MR) is 168 cm³/mol. The van der Waals surface area contributed by atoms with E-state index in [1.54, 1.807) is 7.11 Å². The number of rotatable bonds is 14. The fourth-order valence-corrected chi connectivity index (χ4v) is 5.28. The van der Waals surface area contributed by atoms with Crippen molar-refractivity contribution in [3.05, 3.63) is 132 Å². The molecule has 4 aromatic carbocycles. The van der Waals surface area contributed by atoms with Gasteiger partial charge in [0.05, 0.1) is 25.1 Å². The molecule has 6 heteroatoms. The van der Waals surface area contributed by atoms with E-state index < -0.39 is 0 Å². The van der Waals surface area contributed by atoms with E-state index in [4.69, 9.17) is 9.72 Å². The van der Waals surface area contributed by atoms with Gasteiger partial charge < -0.3 is 19.5 Å². The molecule has 5 rings (SSSR count). The number of hydrogen-bond acceptors (Lipinski definition) is 5. The smallest absolute Gasteiger partial charge is 0.140 e. The van der Waals surface area contributed by atoms with Gasteiger partial charge in [-0.15, -0.1) is 0 Å². The lowest BCUT2D eigenvalue weighted by Gasteiger charge is -2.25. The summed E-state index contributed by atoms with van der Waals surface area (Å²) in [6, 6.07) is 37.2. The molecule has 0 aliphatic carbocycles. The lowest BCUT2D eigenvalue weighted by atomic mass is 10.1. The molecule has 5 aromatic rings. The molecule has 0 aliphatic rings. The average Bonchev–Trinajstić information content (AvgIpc) is 3.40. The first-order valence-corrected chi connectivity index (χ1v) is 14.5. The summed E-state index contributed by atoms with van der Waals surface area (Å²) in [5.41, 5.74) is 7.57. The number of nitrogens with zero attached hydrogens (tertiary/aromatic N) is 3. The maximum atomic E-state index is 9.57. The minimum atomic E-state index is 0.0333. The number of hydrogen-bond donors (Lipinski definition) is 2. The van der Waals surface area contributed by atoms with Crippen molar-refractivity contribution in [2.75, 3.05) is 13.7 Å². The number of imidazole rings is 1. The maximum absolute atomic E-state index is 9.57. The number of methoxy groups -OCH3 is 1. The fourth-order valence-electron chi connectivity index (χ4n) is 5.28.